The van der Waals surface area contributed by atoms with E-state index in [2.05, 4.69) is 10.3 Å². The highest BCUT2D eigenvalue weighted by atomic mass is 32.2. The SMILES string of the molecule is Cc1csc(NC(=O)C[C@H]2SC(=O)N(c3ccccc3)C2=O)n1. The molecule has 1 atom stereocenters. The Hall–Kier alpha value is -2.19. The Morgan fingerprint density at radius 1 is 1.30 bits per heavy atom. The topological polar surface area (TPSA) is 79.4 Å². The monoisotopic (exact) mass is 347 g/mol. The number of nitrogens with one attached hydrogen (secondary N) is 1. The summed E-state index contributed by atoms with van der Waals surface area (Å²) >= 11 is 2.20. The van der Waals surface area contributed by atoms with Crippen molar-refractivity contribution in [1.82, 2.24) is 4.98 Å². The first kappa shape index (κ1) is 15.7. The van der Waals surface area contributed by atoms with Gasteiger partial charge in [-0.3, -0.25) is 14.4 Å². The summed E-state index contributed by atoms with van der Waals surface area (Å²) in [5.41, 5.74) is 1.34. The number of thioether (sulfide) groups is 1. The van der Waals surface area contributed by atoms with Crippen molar-refractivity contribution < 1.29 is 14.4 Å². The van der Waals surface area contributed by atoms with Crippen molar-refractivity contribution in [2.45, 2.75) is 18.6 Å². The maximum atomic E-state index is 12.4. The molecule has 8 heteroatoms. The van der Waals surface area contributed by atoms with Crippen LogP contribution < -0.4 is 10.2 Å². The lowest BCUT2D eigenvalue weighted by Gasteiger charge is -2.13. The number of hydrogen-bond acceptors (Lipinski definition) is 6. The number of carbonyl (C=O) groups excluding carboxylic acids is 3. The number of aryl methyl sites for hydroxylation is 1. The van der Waals surface area contributed by atoms with Gasteiger partial charge in [-0.2, -0.15) is 0 Å². The van der Waals surface area contributed by atoms with E-state index in [1.165, 1.54) is 11.3 Å². The van der Waals surface area contributed by atoms with Gasteiger partial charge in [0.05, 0.1) is 11.4 Å². The third-order valence-corrected chi connectivity index (χ3v) is 5.08. The third kappa shape index (κ3) is 3.43. The van der Waals surface area contributed by atoms with E-state index in [0.717, 1.165) is 22.4 Å². The van der Waals surface area contributed by atoms with Gasteiger partial charge in [-0.15, -0.1) is 11.3 Å². The molecule has 0 unspecified atom stereocenters. The molecule has 0 saturated carbocycles. The molecule has 118 valence electrons. The van der Waals surface area contributed by atoms with E-state index in [0.29, 0.717) is 10.8 Å². The molecule has 1 aliphatic heterocycles. The minimum atomic E-state index is -0.705. The Morgan fingerprint density at radius 2 is 2.04 bits per heavy atom. The second kappa shape index (κ2) is 6.51. The van der Waals surface area contributed by atoms with Gasteiger partial charge in [-0.25, -0.2) is 9.88 Å². The number of anilines is 2. The van der Waals surface area contributed by atoms with Gasteiger partial charge in [0.15, 0.2) is 5.13 Å². The lowest BCUT2D eigenvalue weighted by Crippen LogP contribution is -2.32. The summed E-state index contributed by atoms with van der Waals surface area (Å²) in [6.45, 7) is 1.83. The fraction of sp³-hybridized carbons (Fsp3) is 0.200. The van der Waals surface area contributed by atoms with Crippen LogP contribution in [0.3, 0.4) is 0 Å². The van der Waals surface area contributed by atoms with Crippen LogP contribution in [-0.4, -0.2) is 27.3 Å². The maximum absolute atomic E-state index is 12.4. The Morgan fingerprint density at radius 3 is 2.70 bits per heavy atom. The molecule has 3 rings (SSSR count). The number of rotatable bonds is 4. The Labute approximate surface area is 140 Å². The molecular weight excluding hydrogens is 334 g/mol. The molecule has 1 saturated heterocycles. The van der Waals surface area contributed by atoms with Gasteiger partial charge in [0.2, 0.25) is 11.8 Å². The molecule has 1 aliphatic rings. The van der Waals surface area contributed by atoms with Crippen molar-refractivity contribution >= 4 is 51.0 Å². The van der Waals surface area contributed by atoms with Crippen LogP contribution in [0.4, 0.5) is 15.6 Å². The van der Waals surface area contributed by atoms with Crippen LogP contribution in [0.2, 0.25) is 0 Å². The zero-order chi connectivity index (χ0) is 16.4. The number of amides is 3. The molecule has 0 aliphatic carbocycles. The molecule has 0 radical (unpaired) electrons. The number of carbonyl (C=O) groups is 3. The first-order chi connectivity index (χ1) is 11.0. The largest absolute Gasteiger partial charge is 0.302 e. The quantitative estimate of drug-likeness (QED) is 0.919. The van der Waals surface area contributed by atoms with Gasteiger partial charge in [-0.05, 0) is 30.8 Å². The van der Waals surface area contributed by atoms with E-state index in [4.69, 9.17) is 0 Å². The van der Waals surface area contributed by atoms with E-state index in [9.17, 15) is 14.4 Å². The first-order valence-corrected chi connectivity index (χ1v) is 8.62. The van der Waals surface area contributed by atoms with Crippen molar-refractivity contribution in [2.24, 2.45) is 0 Å². The summed E-state index contributed by atoms with van der Waals surface area (Å²) in [4.78, 5) is 41.8. The predicted octanol–water partition coefficient (Wildman–Crippen LogP) is 3.05. The number of para-hydroxylation sites is 1. The summed E-state index contributed by atoms with van der Waals surface area (Å²) in [5, 5.41) is 3.91. The van der Waals surface area contributed by atoms with E-state index >= 15 is 0 Å². The van der Waals surface area contributed by atoms with Gasteiger partial charge >= 0.3 is 0 Å². The zero-order valence-electron chi connectivity index (χ0n) is 12.2. The Bertz CT molecular complexity index is 760. The summed E-state index contributed by atoms with van der Waals surface area (Å²) in [5.74, 6) is -0.690. The molecule has 0 bridgehead atoms. The molecular formula is C15H13N3O3S2. The second-order valence-electron chi connectivity index (χ2n) is 4.93. The normalized spacial score (nSPS) is 17.6. The van der Waals surface area contributed by atoms with E-state index in [-0.39, 0.29) is 23.5 Å². The average Bonchev–Trinajstić information content (AvgIpc) is 3.04. The highest BCUT2D eigenvalue weighted by molar-refractivity contribution is 8.15. The molecule has 2 heterocycles. The summed E-state index contributed by atoms with van der Waals surface area (Å²) in [6, 6.07) is 8.70. The van der Waals surface area contributed by atoms with Crippen LogP contribution in [0, 0.1) is 6.92 Å². The number of thiazole rings is 1. The number of nitrogens with zero attached hydrogens (tertiary/aromatic N) is 2. The average molecular weight is 347 g/mol. The highest BCUT2D eigenvalue weighted by Crippen LogP contribution is 2.33. The van der Waals surface area contributed by atoms with Gasteiger partial charge in [0.25, 0.3) is 5.24 Å². The molecule has 0 spiro atoms. The molecule has 3 amide bonds. The lowest BCUT2D eigenvalue weighted by atomic mass is 10.2. The number of aromatic nitrogens is 1. The summed E-state index contributed by atoms with van der Waals surface area (Å²) < 4.78 is 0. The molecule has 2 aromatic rings. The van der Waals surface area contributed by atoms with Crippen LogP contribution in [0.5, 0.6) is 0 Å². The number of hydrogen-bond donors (Lipinski definition) is 1. The number of benzene rings is 1. The van der Waals surface area contributed by atoms with Crippen LogP contribution >= 0.6 is 23.1 Å². The molecule has 1 aromatic heterocycles. The Kier molecular flexibility index (Phi) is 4.44. The standard InChI is InChI=1S/C15H13N3O3S2/c1-9-8-22-14(16-9)17-12(19)7-11-13(20)18(15(21)23-11)10-5-3-2-4-6-10/h2-6,8,11H,7H2,1H3,(H,16,17,19)/t11-/m1/s1. The van der Waals surface area contributed by atoms with E-state index < -0.39 is 5.25 Å². The number of imide groups is 1. The fourth-order valence-corrected chi connectivity index (χ4v) is 3.84. The maximum Gasteiger partial charge on any atom is 0.293 e. The van der Waals surface area contributed by atoms with Crippen molar-refractivity contribution in [2.75, 3.05) is 10.2 Å². The fourth-order valence-electron chi connectivity index (χ4n) is 2.15. The van der Waals surface area contributed by atoms with Gasteiger partial charge in [-0.1, -0.05) is 18.2 Å². The second-order valence-corrected chi connectivity index (χ2v) is 6.94. The predicted molar refractivity (Wildman–Crippen MR) is 90.8 cm³/mol. The Balaban J connectivity index is 1.66. The molecule has 23 heavy (non-hydrogen) atoms. The van der Waals surface area contributed by atoms with Crippen molar-refractivity contribution in [1.29, 1.82) is 0 Å². The van der Waals surface area contributed by atoms with Crippen molar-refractivity contribution in [3.63, 3.8) is 0 Å². The van der Waals surface area contributed by atoms with Crippen molar-refractivity contribution in [3.8, 4) is 0 Å². The highest BCUT2D eigenvalue weighted by Gasteiger charge is 2.41. The van der Waals surface area contributed by atoms with Crippen LogP contribution in [0.25, 0.3) is 0 Å². The molecule has 1 fully saturated rings. The smallest absolute Gasteiger partial charge is 0.293 e. The minimum absolute atomic E-state index is 0.0583. The third-order valence-electron chi connectivity index (χ3n) is 3.17. The zero-order valence-corrected chi connectivity index (χ0v) is 13.8. The minimum Gasteiger partial charge on any atom is -0.302 e. The van der Waals surface area contributed by atoms with E-state index in [1.54, 1.807) is 24.3 Å². The van der Waals surface area contributed by atoms with Crippen LogP contribution in [0.1, 0.15) is 12.1 Å². The lowest BCUT2D eigenvalue weighted by molar-refractivity contribution is -0.121. The van der Waals surface area contributed by atoms with E-state index in [1.807, 2.05) is 18.4 Å². The van der Waals surface area contributed by atoms with Crippen LogP contribution in [-0.2, 0) is 9.59 Å². The van der Waals surface area contributed by atoms with Gasteiger partial charge < -0.3 is 5.32 Å². The first-order valence-electron chi connectivity index (χ1n) is 6.86. The van der Waals surface area contributed by atoms with Gasteiger partial charge in [0, 0.05) is 11.8 Å². The molecule has 1 aromatic carbocycles. The van der Waals surface area contributed by atoms with Gasteiger partial charge in [0.1, 0.15) is 5.25 Å². The summed E-state index contributed by atoms with van der Waals surface area (Å²) in [6.07, 6.45) is -0.0583. The van der Waals surface area contributed by atoms with Crippen molar-refractivity contribution in [3.05, 3.63) is 41.4 Å². The molecule has 1 N–H and O–H groups in total. The summed E-state index contributed by atoms with van der Waals surface area (Å²) in [7, 11) is 0. The molecule has 6 nitrogen and oxygen atoms in total. The van der Waals surface area contributed by atoms with Crippen LogP contribution in [0.15, 0.2) is 35.7 Å².